The van der Waals surface area contributed by atoms with E-state index in [0.29, 0.717) is 5.56 Å². The molecule has 0 saturated carbocycles. The number of carbonyl (C=O) groups is 2. The minimum absolute atomic E-state index is 0.0725. The molecular weight excluding hydrogens is 342 g/mol. The van der Waals surface area contributed by atoms with E-state index in [1.807, 2.05) is 66.7 Å². The minimum atomic E-state index is -1.20. The highest BCUT2D eigenvalue weighted by Gasteiger charge is 2.23. The number of hydrogen-bond donors (Lipinski definition) is 2. The van der Waals surface area contributed by atoms with Gasteiger partial charge in [0.2, 0.25) is 0 Å². The fourth-order valence-corrected chi connectivity index (χ4v) is 2.70. The number of hydrogen-bond acceptors (Lipinski definition) is 3. The summed E-state index contributed by atoms with van der Waals surface area (Å²) in [6.45, 7) is 0.0725. The van der Waals surface area contributed by atoms with Gasteiger partial charge in [-0.3, -0.25) is 0 Å². The summed E-state index contributed by atoms with van der Waals surface area (Å²) in [5, 5.41) is 12.0. The van der Waals surface area contributed by atoms with Gasteiger partial charge in [-0.2, -0.15) is 0 Å². The van der Waals surface area contributed by atoms with Crippen LogP contribution in [0, 0.1) is 0 Å². The van der Waals surface area contributed by atoms with Crippen LogP contribution in [0.2, 0.25) is 0 Å². The van der Waals surface area contributed by atoms with E-state index in [9.17, 15) is 14.7 Å². The number of rotatable bonds is 6. The quantitative estimate of drug-likeness (QED) is 0.682. The minimum Gasteiger partial charge on any atom is -0.479 e. The number of aliphatic carboxylic acids is 1. The van der Waals surface area contributed by atoms with Gasteiger partial charge in [0.25, 0.3) is 0 Å². The molecule has 3 aromatic carbocycles. The first kappa shape index (κ1) is 18.2. The zero-order valence-electron chi connectivity index (χ0n) is 14.5. The van der Waals surface area contributed by atoms with Crippen molar-refractivity contribution in [3.05, 3.63) is 96.1 Å². The molecule has 27 heavy (non-hydrogen) atoms. The molecule has 0 heterocycles. The Morgan fingerprint density at radius 2 is 1.48 bits per heavy atom. The molecule has 1 amide bonds. The molecule has 0 aromatic heterocycles. The molecule has 0 aliphatic heterocycles. The van der Waals surface area contributed by atoms with E-state index < -0.39 is 18.1 Å². The molecule has 2 N–H and O–H groups in total. The van der Waals surface area contributed by atoms with Crippen LogP contribution in [-0.4, -0.2) is 17.2 Å². The summed E-state index contributed by atoms with van der Waals surface area (Å²) in [5.74, 6) is -1.16. The molecule has 1 atom stereocenters. The van der Waals surface area contributed by atoms with E-state index >= 15 is 0 Å². The van der Waals surface area contributed by atoms with E-state index in [-0.39, 0.29) is 6.61 Å². The Morgan fingerprint density at radius 3 is 2.15 bits per heavy atom. The fraction of sp³-hybridized carbons (Fsp3) is 0.0909. The predicted molar refractivity (Wildman–Crippen MR) is 102 cm³/mol. The van der Waals surface area contributed by atoms with Crippen molar-refractivity contribution in [3.8, 4) is 11.1 Å². The monoisotopic (exact) mass is 361 g/mol. The maximum atomic E-state index is 12.1. The normalized spacial score (nSPS) is 11.4. The highest BCUT2D eigenvalue weighted by Crippen LogP contribution is 2.23. The molecule has 0 bridgehead atoms. The average Bonchev–Trinajstić information content (AvgIpc) is 2.72. The largest absolute Gasteiger partial charge is 0.479 e. The lowest BCUT2D eigenvalue weighted by Crippen LogP contribution is -2.34. The molecule has 0 fully saturated rings. The third kappa shape index (κ3) is 4.95. The zero-order chi connectivity index (χ0) is 19.1. The molecule has 0 saturated heterocycles. The van der Waals surface area contributed by atoms with Crippen molar-refractivity contribution >= 4 is 12.1 Å². The van der Waals surface area contributed by atoms with Crippen LogP contribution in [0.15, 0.2) is 84.9 Å². The molecule has 3 rings (SSSR count). The fourth-order valence-electron chi connectivity index (χ4n) is 2.70. The molecular formula is C22H19NO4. The number of alkyl carbamates (subject to hydrolysis) is 1. The molecule has 0 aliphatic carbocycles. The standard InChI is InChI=1S/C22H19NO4/c24-21(25)20(23-22(26)27-15-16-8-3-1-4-9-16)19-13-7-12-18(14-19)17-10-5-2-6-11-17/h1-14,20H,15H2,(H,23,26)(H,24,25). The lowest BCUT2D eigenvalue weighted by molar-refractivity contribution is -0.139. The Morgan fingerprint density at radius 1 is 0.852 bits per heavy atom. The van der Waals surface area contributed by atoms with E-state index in [0.717, 1.165) is 16.7 Å². The van der Waals surface area contributed by atoms with Crippen LogP contribution in [0.5, 0.6) is 0 Å². The van der Waals surface area contributed by atoms with Gasteiger partial charge in [0, 0.05) is 0 Å². The van der Waals surface area contributed by atoms with Crippen molar-refractivity contribution in [2.24, 2.45) is 0 Å². The summed E-state index contributed by atoms with van der Waals surface area (Å²) >= 11 is 0. The van der Waals surface area contributed by atoms with Gasteiger partial charge in [0.15, 0.2) is 6.04 Å². The second-order valence-electron chi connectivity index (χ2n) is 5.97. The number of ether oxygens (including phenoxy) is 1. The van der Waals surface area contributed by atoms with Crippen LogP contribution in [0.1, 0.15) is 17.2 Å². The maximum Gasteiger partial charge on any atom is 0.408 e. The smallest absolute Gasteiger partial charge is 0.408 e. The van der Waals surface area contributed by atoms with Crippen molar-refractivity contribution in [2.75, 3.05) is 0 Å². The van der Waals surface area contributed by atoms with Crippen molar-refractivity contribution in [2.45, 2.75) is 12.6 Å². The van der Waals surface area contributed by atoms with Crippen LogP contribution in [0.25, 0.3) is 11.1 Å². The Kier molecular flexibility index (Phi) is 5.84. The Bertz CT molecular complexity index is 910. The molecule has 5 heteroatoms. The summed E-state index contributed by atoms with van der Waals surface area (Å²) in [7, 11) is 0. The van der Waals surface area contributed by atoms with E-state index in [2.05, 4.69) is 5.32 Å². The van der Waals surface area contributed by atoms with Gasteiger partial charge in [-0.05, 0) is 28.3 Å². The van der Waals surface area contributed by atoms with Gasteiger partial charge in [0.1, 0.15) is 6.61 Å². The van der Waals surface area contributed by atoms with Crippen LogP contribution >= 0.6 is 0 Å². The number of nitrogens with one attached hydrogen (secondary N) is 1. The highest BCUT2D eigenvalue weighted by atomic mass is 16.5. The van der Waals surface area contributed by atoms with Crippen LogP contribution < -0.4 is 5.32 Å². The number of carboxylic acids is 1. The van der Waals surface area contributed by atoms with Gasteiger partial charge in [-0.25, -0.2) is 9.59 Å². The first-order valence-corrected chi connectivity index (χ1v) is 8.49. The highest BCUT2D eigenvalue weighted by molar-refractivity contribution is 5.82. The topological polar surface area (TPSA) is 75.6 Å². The van der Waals surface area contributed by atoms with Crippen LogP contribution in [0.3, 0.4) is 0 Å². The third-order valence-electron chi connectivity index (χ3n) is 4.05. The summed E-state index contributed by atoms with van der Waals surface area (Å²) in [6, 6.07) is 24.7. The Labute approximate surface area is 157 Å². The van der Waals surface area contributed by atoms with Crippen LogP contribution in [-0.2, 0) is 16.1 Å². The maximum absolute atomic E-state index is 12.1. The third-order valence-corrected chi connectivity index (χ3v) is 4.05. The van der Waals surface area contributed by atoms with Crippen LogP contribution in [0.4, 0.5) is 4.79 Å². The first-order valence-electron chi connectivity index (χ1n) is 8.49. The molecule has 0 radical (unpaired) electrons. The SMILES string of the molecule is O=C(NC(C(=O)O)c1cccc(-c2ccccc2)c1)OCc1ccccc1. The Hall–Kier alpha value is -3.60. The molecule has 0 spiro atoms. The summed E-state index contributed by atoms with van der Waals surface area (Å²) in [4.78, 5) is 23.7. The van der Waals surface area contributed by atoms with E-state index in [4.69, 9.17) is 4.74 Å². The molecule has 3 aromatic rings. The van der Waals surface area contributed by atoms with Crippen molar-refractivity contribution in [1.82, 2.24) is 5.32 Å². The summed E-state index contributed by atoms with van der Waals surface area (Å²) in [6.07, 6.45) is -0.781. The van der Waals surface area contributed by atoms with Crippen molar-refractivity contribution in [1.29, 1.82) is 0 Å². The number of carbonyl (C=O) groups excluding carboxylic acids is 1. The van der Waals surface area contributed by atoms with Gasteiger partial charge < -0.3 is 15.2 Å². The van der Waals surface area contributed by atoms with Crippen molar-refractivity contribution in [3.63, 3.8) is 0 Å². The Balaban J connectivity index is 1.72. The number of benzene rings is 3. The number of carboxylic acid groups (broad SMARTS) is 1. The van der Waals surface area contributed by atoms with Gasteiger partial charge >= 0.3 is 12.1 Å². The lowest BCUT2D eigenvalue weighted by atomic mass is 9.99. The molecule has 136 valence electrons. The van der Waals surface area contributed by atoms with E-state index in [1.165, 1.54) is 0 Å². The zero-order valence-corrected chi connectivity index (χ0v) is 14.5. The lowest BCUT2D eigenvalue weighted by Gasteiger charge is -2.16. The van der Waals surface area contributed by atoms with Gasteiger partial charge in [-0.1, -0.05) is 78.9 Å². The summed E-state index contributed by atoms with van der Waals surface area (Å²) < 4.78 is 5.13. The van der Waals surface area contributed by atoms with E-state index in [1.54, 1.807) is 18.2 Å². The second-order valence-corrected chi connectivity index (χ2v) is 5.97. The van der Waals surface area contributed by atoms with Crippen molar-refractivity contribution < 1.29 is 19.4 Å². The predicted octanol–water partition coefficient (Wildman–Crippen LogP) is 4.41. The average molecular weight is 361 g/mol. The molecule has 1 unspecified atom stereocenters. The number of amides is 1. The summed E-state index contributed by atoms with van der Waals surface area (Å²) in [5.41, 5.74) is 3.14. The molecule has 5 nitrogen and oxygen atoms in total. The van der Waals surface area contributed by atoms with Gasteiger partial charge in [-0.15, -0.1) is 0 Å². The van der Waals surface area contributed by atoms with Gasteiger partial charge in [0.05, 0.1) is 0 Å². The first-order chi connectivity index (χ1) is 13.1. The molecule has 0 aliphatic rings. The second kappa shape index (κ2) is 8.67.